The summed E-state index contributed by atoms with van der Waals surface area (Å²) < 4.78 is 10.7. The van der Waals surface area contributed by atoms with Gasteiger partial charge in [-0.2, -0.15) is 4.98 Å². The van der Waals surface area contributed by atoms with Crippen molar-refractivity contribution < 1.29 is 9.26 Å². The molecule has 1 aromatic heterocycles. The Morgan fingerprint density at radius 1 is 1.39 bits per heavy atom. The Hall–Kier alpha value is -0.900. The second-order valence-electron chi connectivity index (χ2n) is 5.55. The van der Waals surface area contributed by atoms with Gasteiger partial charge in [-0.3, -0.25) is 4.99 Å². The van der Waals surface area contributed by atoms with Crippen LogP contribution in [0.15, 0.2) is 9.52 Å². The average Bonchev–Trinajstić information content (AvgIpc) is 3.01. The molecule has 1 saturated carbocycles. The molecule has 0 spiro atoms. The van der Waals surface area contributed by atoms with Gasteiger partial charge in [0.2, 0.25) is 5.89 Å². The number of nitrogens with one attached hydrogen (secondary N) is 2. The van der Waals surface area contributed by atoms with Crippen molar-refractivity contribution in [1.82, 2.24) is 20.8 Å². The Bertz CT molecular complexity index is 474. The van der Waals surface area contributed by atoms with Crippen LogP contribution >= 0.6 is 24.0 Å². The summed E-state index contributed by atoms with van der Waals surface area (Å²) in [5.74, 6) is 1.89. The molecular weight excluding hydrogens is 409 g/mol. The molecule has 23 heavy (non-hydrogen) atoms. The minimum absolute atomic E-state index is 0. The van der Waals surface area contributed by atoms with E-state index in [1.165, 1.54) is 32.1 Å². The predicted molar refractivity (Wildman–Crippen MR) is 100.0 cm³/mol. The molecule has 0 bridgehead atoms. The summed E-state index contributed by atoms with van der Waals surface area (Å²) in [6.45, 7) is 4.94. The lowest BCUT2D eigenvalue weighted by atomic mass is 9.96. The fourth-order valence-corrected chi connectivity index (χ4v) is 2.62. The van der Waals surface area contributed by atoms with Gasteiger partial charge in [-0.15, -0.1) is 24.0 Å². The average molecular weight is 437 g/mol. The van der Waals surface area contributed by atoms with E-state index in [-0.39, 0.29) is 30.1 Å². The normalized spacial score (nSPS) is 17.4. The summed E-state index contributed by atoms with van der Waals surface area (Å²) >= 11 is 0. The summed E-state index contributed by atoms with van der Waals surface area (Å²) in [5.41, 5.74) is 0. The van der Waals surface area contributed by atoms with E-state index >= 15 is 0 Å². The third kappa shape index (κ3) is 6.62. The highest BCUT2D eigenvalue weighted by Gasteiger charge is 2.16. The molecule has 2 rings (SSSR count). The summed E-state index contributed by atoms with van der Waals surface area (Å²) in [6.07, 6.45) is 6.18. The van der Waals surface area contributed by atoms with Crippen molar-refractivity contribution in [2.45, 2.75) is 64.6 Å². The summed E-state index contributed by atoms with van der Waals surface area (Å²) in [5, 5.41) is 10.6. The molecule has 0 amide bonds. The minimum atomic E-state index is -0.151. The van der Waals surface area contributed by atoms with Gasteiger partial charge in [0, 0.05) is 19.7 Å². The summed E-state index contributed by atoms with van der Waals surface area (Å²) in [7, 11) is 1.77. The maximum Gasteiger partial charge on any atom is 0.246 e. The molecule has 1 atom stereocenters. The molecule has 0 radical (unpaired) electrons. The molecule has 1 fully saturated rings. The lowest BCUT2D eigenvalue weighted by Gasteiger charge is -2.24. The van der Waals surface area contributed by atoms with Crippen molar-refractivity contribution in [1.29, 1.82) is 0 Å². The molecule has 0 aromatic carbocycles. The SMILES string of the molecule is CCOC(C)c1noc(CNC(=NC)NC2CCCCC2)n1.I. The zero-order chi connectivity index (χ0) is 15.8. The van der Waals surface area contributed by atoms with E-state index in [2.05, 4.69) is 25.8 Å². The first-order chi connectivity index (χ1) is 10.7. The fourth-order valence-electron chi connectivity index (χ4n) is 2.62. The van der Waals surface area contributed by atoms with Crippen LogP contribution in [0, 0.1) is 0 Å². The van der Waals surface area contributed by atoms with Crippen LogP contribution in [0.4, 0.5) is 0 Å². The molecule has 0 saturated heterocycles. The van der Waals surface area contributed by atoms with Gasteiger partial charge in [-0.25, -0.2) is 0 Å². The number of hydrogen-bond acceptors (Lipinski definition) is 5. The number of ether oxygens (including phenoxy) is 1. The molecular formula is C15H28IN5O2. The van der Waals surface area contributed by atoms with Crippen LogP contribution in [0.25, 0.3) is 0 Å². The van der Waals surface area contributed by atoms with Gasteiger partial charge in [0.15, 0.2) is 11.8 Å². The second-order valence-corrected chi connectivity index (χ2v) is 5.55. The van der Waals surface area contributed by atoms with Gasteiger partial charge in [-0.05, 0) is 26.7 Å². The van der Waals surface area contributed by atoms with E-state index in [4.69, 9.17) is 9.26 Å². The van der Waals surface area contributed by atoms with Crippen LogP contribution in [0.5, 0.6) is 0 Å². The Morgan fingerprint density at radius 2 is 2.13 bits per heavy atom. The van der Waals surface area contributed by atoms with Crippen molar-refractivity contribution in [3.8, 4) is 0 Å². The summed E-state index contributed by atoms with van der Waals surface area (Å²) in [4.78, 5) is 8.58. The van der Waals surface area contributed by atoms with Gasteiger partial charge >= 0.3 is 0 Å². The van der Waals surface area contributed by atoms with E-state index < -0.39 is 0 Å². The highest BCUT2D eigenvalue weighted by atomic mass is 127. The topological polar surface area (TPSA) is 84.6 Å². The lowest BCUT2D eigenvalue weighted by Crippen LogP contribution is -2.43. The number of aliphatic imine (C=N–C) groups is 1. The number of halogens is 1. The molecule has 1 aromatic rings. The van der Waals surface area contributed by atoms with Gasteiger partial charge in [0.1, 0.15) is 6.10 Å². The maximum absolute atomic E-state index is 5.45. The number of rotatable bonds is 6. The van der Waals surface area contributed by atoms with Gasteiger partial charge in [-0.1, -0.05) is 24.4 Å². The third-order valence-corrected chi connectivity index (χ3v) is 3.84. The van der Waals surface area contributed by atoms with Crippen molar-refractivity contribution in [3.05, 3.63) is 11.7 Å². The molecule has 7 nitrogen and oxygen atoms in total. The minimum Gasteiger partial charge on any atom is -0.371 e. The number of guanidine groups is 1. The third-order valence-electron chi connectivity index (χ3n) is 3.84. The first-order valence-electron chi connectivity index (χ1n) is 8.14. The molecule has 0 aliphatic heterocycles. The summed E-state index contributed by atoms with van der Waals surface area (Å²) in [6, 6.07) is 0.510. The Labute approximate surface area is 155 Å². The number of aromatic nitrogens is 2. The van der Waals surface area contributed by atoms with Crippen LogP contribution in [0.3, 0.4) is 0 Å². The first kappa shape index (κ1) is 20.1. The second kappa shape index (κ2) is 10.8. The van der Waals surface area contributed by atoms with Crippen molar-refractivity contribution in [2.75, 3.05) is 13.7 Å². The zero-order valence-corrected chi connectivity index (χ0v) is 16.5. The quantitative estimate of drug-likeness (QED) is 0.405. The van der Waals surface area contributed by atoms with Crippen LogP contribution < -0.4 is 10.6 Å². The van der Waals surface area contributed by atoms with Crippen LogP contribution in [0.1, 0.15) is 63.8 Å². The Balaban J connectivity index is 0.00000264. The molecule has 1 unspecified atom stereocenters. The molecule has 1 heterocycles. The highest BCUT2D eigenvalue weighted by Crippen LogP contribution is 2.17. The molecule has 8 heteroatoms. The van der Waals surface area contributed by atoms with Gasteiger partial charge in [0.05, 0.1) is 6.54 Å². The predicted octanol–water partition coefficient (Wildman–Crippen LogP) is 2.78. The monoisotopic (exact) mass is 437 g/mol. The maximum atomic E-state index is 5.45. The smallest absolute Gasteiger partial charge is 0.246 e. The van der Waals surface area contributed by atoms with Crippen molar-refractivity contribution in [2.24, 2.45) is 4.99 Å². The van der Waals surface area contributed by atoms with E-state index in [0.717, 1.165) is 5.96 Å². The van der Waals surface area contributed by atoms with E-state index in [1.54, 1.807) is 7.05 Å². The van der Waals surface area contributed by atoms with Crippen LogP contribution in [0.2, 0.25) is 0 Å². The zero-order valence-electron chi connectivity index (χ0n) is 14.2. The van der Waals surface area contributed by atoms with Crippen LogP contribution in [-0.2, 0) is 11.3 Å². The van der Waals surface area contributed by atoms with Crippen molar-refractivity contribution >= 4 is 29.9 Å². The number of nitrogens with zero attached hydrogens (tertiary/aromatic N) is 3. The fraction of sp³-hybridized carbons (Fsp3) is 0.800. The first-order valence-corrected chi connectivity index (χ1v) is 8.14. The molecule has 2 N–H and O–H groups in total. The van der Waals surface area contributed by atoms with E-state index in [1.807, 2.05) is 13.8 Å². The Morgan fingerprint density at radius 3 is 2.78 bits per heavy atom. The van der Waals surface area contributed by atoms with Crippen LogP contribution in [-0.4, -0.2) is 35.8 Å². The van der Waals surface area contributed by atoms with E-state index in [0.29, 0.717) is 30.9 Å². The molecule has 132 valence electrons. The Kier molecular flexibility index (Phi) is 9.46. The molecule has 1 aliphatic carbocycles. The molecule has 1 aliphatic rings. The van der Waals surface area contributed by atoms with Crippen molar-refractivity contribution in [3.63, 3.8) is 0 Å². The standard InChI is InChI=1S/C15H27N5O2.HI/c1-4-21-11(2)14-19-13(22-20-14)10-17-15(16-3)18-12-8-6-5-7-9-12;/h11-12H,4-10H2,1-3H3,(H2,16,17,18);1H. The largest absolute Gasteiger partial charge is 0.371 e. The van der Waals surface area contributed by atoms with E-state index in [9.17, 15) is 0 Å². The van der Waals surface area contributed by atoms with Gasteiger partial charge in [0.25, 0.3) is 0 Å². The lowest BCUT2D eigenvalue weighted by molar-refractivity contribution is 0.0683. The highest BCUT2D eigenvalue weighted by molar-refractivity contribution is 14.0. The van der Waals surface area contributed by atoms with Gasteiger partial charge < -0.3 is 19.9 Å². The number of hydrogen-bond donors (Lipinski definition) is 2.